The fraction of sp³-hybridized carbons (Fsp3) is 0.600. The summed E-state index contributed by atoms with van der Waals surface area (Å²) < 4.78 is 0. The highest BCUT2D eigenvalue weighted by atomic mass is 16.2. The Kier molecular flexibility index (Phi) is 2.96. The number of hydrogen-bond donors (Lipinski definition) is 1. The number of likely N-dealkylation sites (N-methyl/N-ethyl adjacent to an activating group) is 1. The summed E-state index contributed by atoms with van der Waals surface area (Å²) in [6.07, 6.45) is 7.62. The molecule has 102 valence electrons. The van der Waals surface area contributed by atoms with Gasteiger partial charge in [0, 0.05) is 13.5 Å². The van der Waals surface area contributed by atoms with Gasteiger partial charge in [-0.15, -0.1) is 0 Å². The van der Waals surface area contributed by atoms with Crippen LogP contribution in [0.1, 0.15) is 39.0 Å². The molecule has 4 heteroatoms. The molecule has 19 heavy (non-hydrogen) atoms. The smallest absolute Gasteiger partial charge is 0.324 e. The Morgan fingerprint density at radius 2 is 2.16 bits per heavy atom. The van der Waals surface area contributed by atoms with Gasteiger partial charge in [-0.3, -0.25) is 9.69 Å². The van der Waals surface area contributed by atoms with Gasteiger partial charge in [0.05, 0.1) is 0 Å². The van der Waals surface area contributed by atoms with E-state index in [-0.39, 0.29) is 18.0 Å². The maximum Gasteiger partial charge on any atom is 0.324 e. The average Bonchev–Trinajstić information content (AvgIpc) is 2.67. The third-order valence-corrected chi connectivity index (χ3v) is 4.69. The van der Waals surface area contributed by atoms with Crippen molar-refractivity contribution in [2.75, 3.05) is 7.05 Å². The van der Waals surface area contributed by atoms with Crippen molar-refractivity contribution in [2.45, 2.75) is 45.1 Å². The van der Waals surface area contributed by atoms with Crippen LogP contribution >= 0.6 is 0 Å². The van der Waals surface area contributed by atoms with Crippen molar-refractivity contribution in [3.05, 3.63) is 22.8 Å². The molecule has 2 unspecified atom stereocenters. The Hall–Kier alpha value is -1.58. The van der Waals surface area contributed by atoms with Gasteiger partial charge < -0.3 is 5.32 Å². The second-order valence-electron chi connectivity index (χ2n) is 5.76. The number of allylic oxidation sites excluding steroid dienone is 3. The van der Waals surface area contributed by atoms with Crippen molar-refractivity contribution in [1.29, 1.82) is 0 Å². The molecular weight excluding hydrogens is 240 g/mol. The highest BCUT2D eigenvalue weighted by Crippen LogP contribution is 2.43. The number of carbonyl (C=O) groups is 2. The number of nitrogens with zero attached hydrogens (tertiary/aromatic N) is 1. The molecule has 0 aromatic rings. The second-order valence-corrected chi connectivity index (χ2v) is 5.76. The summed E-state index contributed by atoms with van der Waals surface area (Å²) in [6, 6.07) is -0.642. The first-order valence-electron chi connectivity index (χ1n) is 7.09. The van der Waals surface area contributed by atoms with Crippen LogP contribution in [0.3, 0.4) is 0 Å². The van der Waals surface area contributed by atoms with E-state index in [1.54, 1.807) is 0 Å². The maximum absolute atomic E-state index is 11.9. The first-order valence-corrected chi connectivity index (χ1v) is 7.09. The van der Waals surface area contributed by atoms with E-state index in [0.717, 1.165) is 12.8 Å². The van der Waals surface area contributed by atoms with E-state index in [2.05, 4.69) is 18.3 Å². The Morgan fingerprint density at radius 1 is 1.37 bits per heavy atom. The number of amides is 3. The van der Waals surface area contributed by atoms with Crippen LogP contribution < -0.4 is 5.32 Å². The van der Waals surface area contributed by atoms with Gasteiger partial charge in [-0.05, 0) is 37.2 Å². The fourth-order valence-electron chi connectivity index (χ4n) is 3.45. The number of fused-ring (bicyclic) bond motifs is 3. The molecule has 4 aliphatic rings. The van der Waals surface area contributed by atoms with Crippen molar-refractivity contribution in [2.24, 2.45) is 5.92 Å². The predicted octanol–water partition coefficient (Wildman–Crippen LogP) is 2.37. The van der Waals surface area contributed by atoms with Crippen LogP contribution in [0.4, 0.5) is 4.79 Å². The van der Waals surface area contributed by atoms with Crippen molar-refractivity contribution in [3.63, 3.8) is 0 Å². The lowest BCUT2D eigenvalue weighted by Crippen LogP contribution is -2.30. The van der Waals surface area contributed by atoms with Crippen molar-refractivity contribution >= 4 is 11.9 Å². The summed E-state index contributed by atoms with van der Waals surface area (Å²) >= 11 is 0. The summed E-state index contributed by atoms with van der Waals surface area (Å²) in [5.41, 5.74) is 4.33. The van der Waals surface area contributed by atoms with E-state index in [1.165, 1.54) is 41.5 Å². The van der Waals surface area contributed by atoms with E-state index in [0.29, 0.717) is 12.3 Å². The number of imide groups is 1. The van der Waals surface area contributed by atoms with E-state index in [1.807, 2.05) is 0 Å². The number of nitrogens with one attached hydrogen (secondary N) is 1. The molecular formula is C15H20N2O2. The van der Waals surface area contributed by atoms with Gasteiger partial charge in [0.2, 0.25) is 0 Å². The summed E-state index contributed by atoms with van der Waals surface area (Å²) in [7, 11) is 1.54. The molecule has 0 spiro atoms. The van der Waals surface area contributed by atoms with Crippen LogP contribution in [0.2, 0.25) is 0 Å². The quantitative estimate of drug-likeness (QED) is 0.792. The third-order valence-electron chi connectivity index (χ3n) is 4.69. The lowest BCUT2D eigenvalue weighted by molar-refractivity contribution is -0.126. The Labute approximate surface area is 113 Å². The molecule has 2 fully saturated rings. The standard InChI is InChI=1S/C15H20N2O2/c1-3-9-6-11-5-4-10(9)7-12(11)8-13-14(18)17(2)15(19)16-13/h7,9,13H,3-6,8H2,1-2H3,(H,16,19). The molecule has 1 N–H and O–H groups in total. The number of hydrogen-bond acceptors (Lipinski definition) is 2. The average molecular weight is 260 g/mol. The minimum atomic E-state index is -0.365. The largest absolute Gasteiger partial charge is 0.325 e. The minimum Gasteiger partial charge on any atom is -0.325 e. The lowest BCUT2D eigenvalue weighted by Gasteiger charge is -2.34. The highest BCUT2D eigenvalue weighted by molar-refractivity contribution is 6.04. The predicted molar refractivity (Wildman–Crippen MR) is 72.4 cm³/mol. The van der Waals surface area contributed by atoms with Crippen LogP contribution in [-0.2, 0) is 4.79 Å². The van der Waals surface area contributed by atoms with Crippen molar-refractivity contribution in [1.82, 2.24) is 10.2 Å². The van der Waals surface area contributed by atoms with Gasteiger partial charge in [0.1, 0.15) is 6.04 Å². The summed E-state index contributed by atoms with van der Waals surface area (Å²) in [4.78, 5) is 24.6. The molecule has 0 radical (unpaired) electrons. The molecule has 4 nitrogen and oxygen atoms in total. The fourth-order valence-corrected chi connectivity index (χ4v) is 3.45. The van der Waals surface area contributed by atoms with Crippen LogP contribution in [0.15, 0.2) is 22.8 Å². The first kappa shape index (κ1) is 12.5. The molecule has 2 bridgehead atoms. The Morgan fingerprint density at radius 3 is 2.68 bits per heavy atom. The zero-order valence-electron chi connectivity index (χ0n) is 11.5. The van der Waals surface area contributed by atoms with Gasteiger partial charge in [0.25, 0.3) is 5.91 Å². The third kappa shape index (κ3) is 1.99. The van der Waals surface area contributed by atoms with E-state index >= 15 is 0 Å². The Bertz CT molecular complexity index is 504. The molecule has 3 aliphatic carbocycles. The van der Waals surface area contributed by atoms with Crippen LogP contribution in [-0.4, -0.2) is 29.9 Å². The summed E-state index contributed by atoms with van der Waals surface area (Å²) in [6.45, 7) is 2.24. The zero-order valence-corrected chi connectivity index (χ0v) is 11.5. The SMILES string of the molecule is CCC1CC2=C(CC3NC(=O)N(C)C3=O)C=C1CC2. The van der Waals surface area contributed by atoms with Crippen LogP contribution in [0.25, 0.3) is 0 Å². The zero-order chi connectivity index (χ0) is 13.6. The number of carbonyl (C=O) groups excluding carboxylic acids is 2. The molecule has 3 amide bonds. The normalized spacial score (nSPS) is 30.0. The second kappa shape index (κ2) is 4.51. The molecule has 0 aromatic heterocycles. The van der Waals surface area contributed by atoms with Crippen molar-refractivity contribution in [3.8, 4) is 0 Å². The number of rotatable bonds is 3. The molecule has 1 saturated carbocycles. The van der Waals surface area contributed by atoms with E-state index in [9.17, 15) is 9.59 Å². The monoisotopic (exact) mass is 260 g/mol. The molecule has 1 saturated heterocycles. The molecule has 1 aliphatic heterocycles. The Balaban J connectivity index is 1.76. The van der Waals surface area contributed by atoms with E-state index < -0.39 is 0 Å². The topological polar surface area (TPSA) is 49.4 Å². The maximum atomic E-state index is 11.9. The van der Waals surface area contributed by atoms with E-state index in [4.69, 9.17) is 0 Å². The number of urea groups is 1. The molecule has 1 heterocycles. The van der Waals surface area contributed by atoms with Crippen LogP contribution in [0.5, 0.6) is 0 Å². The molecule has 2 atom stereocenters. The van der Waals surface area contributed by atoms with Crippen LogP contribution in [0, 0.1) is 5.92 Å². The highest BCUT2D eigenvalue weighted by Gasteiger charge is 2.37. The minimum absolute atomic E-state index is 0.106. The van der Waals surface area contributed by atoms with Gasteiger partial charge in [-0.25, -0.2) is 4.79 Å². The van der Waals surface area contributed by atoms with Crippen molar-refractivity contribution < 1.29 is 9.59 Å². The molecule has 0 aromatic carbocycles. The summed E-state index contributed by atoms with van der Waals surface area (Å²) in [5, 5.41) is 2.76. The first-order chi connectivity index (χ1) is 9.10. The summed E-state index contributed by atoms with van der Waals surface area (Å²) in [5.74, 6) is 0.606. The van der Waals surface area contributed by atoms with Gasteiger partial charge in [0.15, 0.2) is 0 Å². The van der Waals surface area contributed by atoms with Gasteiger partial charge in [-0.1, -0.05) is 24.1 Å². The molecule has 4 rings (SSSR count). The lowest BCUT2D eigenvalue weighted by atomic mass is 9.72. The van der Waals surface area contributed by atoms with Gasteiger partial charge >= 0.3 is 6.03 Å². The van der Waals surface area contributed by atoms with Gasteiger partial charge in [-0.2, -0.15) is 0 Å².